The lowest BCUT2D eigenvalue weighted by atomic mass is 9.98. The van der Waals surface area contributed by atoms with Crippen LogP contribution in [0.4, 0.5) is 5.69 Å². The zero-order chi connectivity index (χ0) is 19.1. The van der Waals surface area contributed by atoms with E-state index in [1.54, 1.807) is 11.6 Å². The molecule has 0 saturated heterocycles. The Kier molecular flexibility index (Phi) is 6.02. The molecule has 4 heteroatoms. The number of carbonyl (C=O) groups excluding carboxylic acids is 1. The van der Waals surface area contributed by atoms with Crippen LogP contribution in [0.1, 0.15) is 16.7 Å². The van der Waals surface area contributed by atoms with Crippen molar-refractivity contribution in [2.75, 3.05) is 5.32 Å². The summed E-state index contributed by atoms with van der Waals surface area (Å²) in [4.78, 5) is 11.2. The summed E-state index contributed by atoms with van der Waals surface area (Å²) in [5.41, 5.74) is 8.24. The predicted molar refractivity (Wildman–Crippen MR) is 109 cm³/mol. The molecule has 0 saturated carbocycles. The van der Waals surface area contributed by atoms with Gasteiger partial charge in [0, 0.05) is 18.3 Å². The molecule has 0 radical (unpaired) electrons. The minimum atomic E-state index is -0.558. The maximum atomic E-state index is 11.2. The predicted octanol–water partition coefficient (Wildman–Crippen LogP) is 4.79. The van der Waals surface area contributed by atoms with Crippen LogP contribution in [0.3, 0.4) is 0 Å². The molecule has 0 fully saturated rings. The molecule has 0 bridgehead atoms. The van der Waals surface area contributed by atoms with E-state index < -0.39 is 5.91 Å². The lowest BCUT2D eigenvalue weighted by Gasteiger charge is -2.12. The molecule has 0 aliphatic heterocycles. The zero-order valence-corrected chi connectivity index (χ0v) is 15.1. The average Bonchev–Trinajstić information content (AvgIpc) is 2.71. The number of rotatable bonds is 6. The van der Waals surface area contributed by atoms with Gasteiger partial charge in [-0.3, -0.25) is 10.0 Å². The number of para-hydroxylation sites is 1. The van der Waals surface area contributed by atoms with Crippen molar-refractivity contribution in [3.05, 3.63) is 95.6 Å². The molecule has 3 aromatic carbocycles. The Balaban J connectivity index is 1.73. The molecule has 3 N–H and O–H groups in total. The molecule has 0 spiro atoms. The van der Waals surface area contributed by atoms with Crippen molar-refractivity contribution in [3.8, 4) is 11.1 Å². The van der Waals surface area contributed by atoms with E-state index in [9.17, 15) is 4.79 Å². The van der Waals surface area contributed by atoms with Gasteiger partial charge in [-0.25, -0.2) is 5.48 Å². The molecule has 0 unspecified atom stereocenters. The monoisotopic (exact) mass is 358 g/mol. The Bertz CT molecular complexity index is 950. The second kappa shape index (κ2) is 8.83. The first-order valence-corrected chi connectivity index (χ1v) is 8.77. The summed E-state index contributed by atoms with van der Waals surface area (Å²) in [6.45, 7) is 2.79. The number of hydrogen-bond acceptors (Lipinski definition) is 3. The number of benzene rings is 3. The smallest absolute Gasteiger partial charge is 0.267 e. The van der Waals surface area contributed by atoms with Gasteiger partial charge in [0.1, 0.15) is 0 Å². The third-order valence-electron chi connectivity index (χ3n) is 4.34. The van der Waals surface area contributed by atoms with Gasteiger partial charge < -0.3 is 5.32 Å². The van der Waals surface area contributed by atoms with E-state index in [2.05, 4.69) is 42.6 Å². The molecule has 0 aromatic heterocycles. The fraction of sp³-hybridized carbons (Fsp3) is 0.0870. The Labute approximate surface area is 159 Å². The van der Waals surface area contributed by atoms with Crippen LogP contribution in [0.5, 0.6) is 0 Å². The van der Waals surface area contributed by atoms with Gasteiger partial charge in [-0.05, 0) is 46.9 Å². The molecule has 0 aliphatic carbocycles. The van der Waals surface area contributed by atoms with Crippen molar-refractivity contribution >= 4 is 17.7 Å². The summed E-state index contributed by atoms with van der Waals surface area (Å²) in [5.74, 6) is -0.558. The number of hydroxylamine groups is 1. The first-order chi connectivity index (χ1) is 13.2. The molecule has 0 atom stereocenters. The van der Waals surface area contributed by atoms with E-state index in [1.807, 2.05) is 42.5 Å². The molecule has 4 nitrogen and oxygen atoms in total. The summed E-state index contributed by atoms with van der Waals surface area (Å²) in [6, 6.07) is 24.5. The number of carbonyl (C=O) groups is 1. The van der Waals surface area contributed by atoms with Crippen LogP contribution in [0.25, 0.3) is 17.2 Å². The minimum Gasteiger partial charge on any atom is -0.380 e. The van der Waals surface area contributed by atoms with Crippen molar-refractivity contribution in [2.24, 2.45) is 0 Å². The molecule has 1 amide bonds. The van der Waals surface area contributed by atoms with Crippen molar-refractivity contribution in [2.45, 2.75) is 13.5 Å². The summed E-state index contributed by atoms with van der Waals surface area (Å²) in [7, 11) is 0. The number of anilines is 1. The average molecular weight is 358 g/mol. The quantitative estimate of drug-likeness (QED) is 0.337. The minimum absolute atomic E-state index is 0.558. The molecular formula is C23H22N2O2. The Morgan fingerprint density at radius 1 is 1.00 bits per heavy atom. The maximum absolute atomic E-state index is 11.2. The maximum Gasteiger partial charge on any atom is 0.267 e. The van der Waals surface area contributed by atoms with E-state index in [-0.39, 0.29) is 0 Å². The van der Waals surface area contributed by atoms with Gasteiger partial charge in [0.15, 0.2) is 0 Å². The Morgan fingerprint density at radius 3 is 2.48 bits per heavy atom. The van der Waals surface area contributed by atoms with Gasteiger partial charge in [-0.15, -0.1) is 0 Å². The number of aryl methyl sites for hydroxylation is 1. The van der Waals surface area contributed by atoms with Crippen LogP contribution in [-0.4, -0.2) is 11.1 Å². The van der Waals surface area contributed by atoms with Gasteiger partial charge in [0.25, 0.3) is 5.91 Å². The van der Waals surface area contributed by atoms with Gasteiger partial charge >= 0.3 is 0 Å². The van der Waals surface area contributed by atoms with Crippen LogP contribution in [0.2, 0.25) is 0 Å². The van der Waals surface area contributed by atoms with E-state index in [1.165, 1.54) is 28.3 Å². The lowest BCUT2D eigenvalue weighted by molar-refractivity contribution is -0.124. The molecule has 3 rings (SSSR count). The van der Waals surface area contributed by atoms with Crippen molar-refractivity contribution < 1.29 is 10.0 Å². The summed E-state index contributed by atoms with van der Waals surface area (Å²) in [5, 5.41) is 12.0. The second-order valence-electron chi connectivity index (χ2n) is 6.27. The normalized spacial score (nSPS) is 10.7. The van der Waals surface area contributed by atoms with Gasteiger partial charge in [0.05, 0.1) is 0 Å². The number of hydrogen-bond donors (Lipinski definition) is 3. The fourth-order valence-electron chi connectivity index (χ4n) is 2.98. The largest absolute Gasteiger partial charge is 0.380 e. The number of amides is 1. The van der Waals surface area contributed by atoms with Gasteiger partial charge in [0.2, 0.25) is 0 Å². The van der Waals surface area contributed by atoms with Crippen LogP contribution in [-0.2, 0) is 11.3 Å². The van der Waals surface area contributed by atoms with Crippen molar-refractivity contribution in [1.29, 1.82) is 0 Å². The standard InChI is InChI=1S/C23H22N2O2/c1-17-15-18(11-13-21(17)19-7-3-2-4-8-19)16-24-22-10-6-5-9-20(22)12-14-23(26)25-27/h2-15,24,27H,16H2,1H3,(H,25,26)/b14-12+. The highest BCUT2D eigenvalue weighted by atomic mass is 16.5. The highest BCUT2D eigenvalue weighted by Gasteiger charge is 2.04. The first-order valence-electron chi connectivity index (χ1n) is 8.77. The van der Waals surface area contributed by atoms with Crippen LogP contribution in [0.15, 0.2) is 78.9 Å². The zero-order valence-electron chi connectivity index (χ0n) is 15.1. The van der Waals surface area contributed by atoms with Crippen LogP contribution < -0.4 is 10.8 Å². The van der Waals surface area contributed by atoms with E-state index in [0.29, 0.717) is 6.54 Å². The summed E-state index contributed by atoms with van der Waals surface area (Å²) in [6.07, 6.45) is 2.96. The van der Waals surface area contributed by atoms with Crippen molar-refractivity contribution in [3.63, 3.8) is 0 Å². The SMILES string of the molecule is Cc1cc(CNc2ccccc2/C=C/C(=O)NO)ccc1-c1ccccc1. The lowest BCUT2D eigenvalue weighted by Crippen LogP contribution is -2.14. The number of nitrogens with one attached hydrogen (secondary N) is 2. The van der Waals surface area contributed by atoms with Crippen LogP contribution >= 0.6 is 0 Å². The van der Waals surface area contributed by atoms with E-state index in [0.717, 1.165) is 11.3 Å². The van der Waals surface area contributed by atoms with E-state index in [4.69, 9.17) is 5.21 Å². The molecule has 0 heterocycles. The Morgan fingerprint density at radius 2 is 1.74 bits per heavy atom. The Hall–Kier alpha value is -3.37. The summed E-state index contributed by atoms with van der Waals surface area (Å²) >= 11 is 0. The third kappa shape index (κ3) is 4.84. The topological polar surface area (TPSA) is 61.4 Å². The molecule has 3 aromatic rings. The van der Waals surface area contributed by atoms with Gasteiger partial charge in [-0.2, -0.15) is 0 Å². The molecule has 0 aliphatic rings. The third-order valence-corrected chi connectivity index (χ3v) is 4.34. The highest BCUT2D eigenvalue weighted by Crippen LogP contribution is 2.25. The molecule has 136 valence electrons. The van der Waals surface area contributed by atoms with Crippen LogP contribution in [0, 0.1) is 6.92 Å². The molecular weight excluding hydrogens is 336 g/mol. The van der Waals surface area contributed by atoms with E-state index >= 15 is 0 Å². The first kappa shape index (κ1) is 18.4. The van der Waals surface area contributed by atoms with Gasteiger partial charge in [-0.1, -0.05) is 66.7 Å². The summed E-state index contributed by atoms with van der Waals surface area (Å²) < 4.78 is 0. The van der Waals surface area contributed by atoms with Crippen molar-refractivity contribution in [1.82, 2.24) is 5.48 Å². The second-order valence-corrected chi connectivity index (χ2v) is 6.27. The highest BCUT2D eigenvalue weighted by molar-refractivity contribution is 5.91. The fourth-order valence-corrected chi connectivity index (χ4v) is 2.98. The molecule has 27 heavy (non-hydrogen) atoms.